The number of nitrogens with one attached hydrogen (secondary N) is 1. The lowest BCUT2D eigenvalue weighted by Crippen LogP contribution is -2.54. The largest absolute Gasteiger partial charge is 0.490 e. The number of nitrogens with zero attached hydrogens (tertiary/aromatic N) is 2. The van der Waals surface area contributed by atoms with Gasteiger partial charge in [0.1, 0.15) is 23.7 Å². The predicted octanol–water partition coefficient (Wildman–Crippen LogP) is 4.68. The van der Waals surface area contributed by atoms with E-state index >= 15 is 0 Å². The Morgan fingerprint density at radius 1 is 1.03 bits per heavy atom. The van der Waals surface area contributed by atoms with E-state index in [2.05, 4.69) is 5.32 Å². The summed E-state index contributed by atoms with van der Waals surface area (Å²) in [6, 6.07) is 12.2. The number of benzene rings is 2. The highest BCUT2D eigenvalue weighted by Gasteiger charge is 2.37. The maximum absolute atomic E-state index is 13.2. The SMILES string of the molecule is O=C1NC(=O)N(c2ccc(F)cc2)C(=O)/C1=C\c1cccn1CCOc1ccc(Cl)cc1Cl. The van der Waals surface area contributed by atoms with Crippen molar-refractivity contribution in [3.05, 3.63) is 87.9 Å². The molecule has 7 nitrogen and oxygen atoms in total. The number of halogens is 3. The van der Waals surface area contributed by atoms with Crippen molar-refractivity contribution in [2.24, 2.45) is 0 Å². The number of aromatic nitrogens is 1. The minimum Gasteiger partial charge on any atom is -0.490 e. The van der Waals surface area contributed by atoms with E-state index in [-0.39, 0.29) is 17.9 Å². The van der Waals surface area contributed by atoms with Gasteiger partial charge in [-0.1, -0.05) is 23.2 Å². The molecule has 1 aliphatic rings. The van der Waals surface area contributed by atoms with Gasteiger partial charge >= 0.3 is 6.03 Å². The molecule has 10 heteroatoms. The van der Waals surface area contributed by atoms with E-state index < -0.39 is 23.7 Å². The van der Waals surface area contributed by atoms with Crippen molar-refractivity contribution in [3.63, 3.8) is 0 Å². The molecule has 0 unspecified atom stereocenters. The van der Waals surface area contributed by atoms with Crippen molar-refractivity contribution in [2.45, 2.75) is 6.54 Å². The fraction of sp³-hybridized carbons (Fsp3) is 0.0870. The highest BCUT2D eigenvalue weighted by atomic mass is 35.5. The Labute approximate surface area is 198 Å². The van der Waals surface area contributed by atoms with Crippen LogP contribution in [-0.2, 0) is 16.1 Å². The lowest BCUT2D eigenvalue weighted by atomic mass is 10.1. The molecule has 33 heavy (non-hydrogen) atoms. The van der Waals surface area contributed by atoms with Crippen molar-refractivity contribution in [1.82, 2.24) is 9.88 Å². The van der Waals surface area contributed by atoms with Gasteiger partial charge in [-0.15, -0.1) is 0 Å². The number of barbiturate groups is 1. The van der Waals surface area contributed by atoms with Crippen molar-refractivity contribution < 1.29 is 23.5 Å². The van der Waals surface area contributed by atoms with Crippen LogP contribution in [-0.4, -0.2) is 29.0 Å². The molecule has 0 atom stereocenters. The van der Waals surface area contributed by atoms with Gasteiger partial charge in [-0.2, -0.15) is 0 Å². The molecule has 2 aromatic carbocycles. The molecule has 1 saturated heterocycles. The molecule has 3 aromatic rings. The Bertz CT molecular complexity index is 1270. The molecule has 0 bridgehead atoms. The Kier molecular flexibility index (Phi) is 6.48. The molecule has 168 valence electrons. The Hall–Kier alpha value is -3.62. The molecule has 1 fully saturated rings. The van der Waals surface area contributed by atoms with Gasteiger partial charge in [-0.05, 0) is 60.7 Å². The van der Waals surface area contributed by atoms with E-state index in [9.17, 15) is 18.8 Å². The Balaban J connectivity index is 1.53. The number of anilines is 1. The molecule has 4 amide bonds. The van der Waals surface area contributed by atoms with Crippen LogP contribution in [0.5, 0.6) is 5.75 Å². The fourth-order valence-corrected chi connectivity index (χ4v) is 3.70. The maximum atomic E-state index is 13.2. The van der Waals surface area contributed by atoms with Crippen LogP contribution < -0.4 is 15.0 Å². The number of amides is 4. The standard InChI is InChI=1S/C23H16Cl2FN3O4/c24-14-3-8-20(19(25)12-14)33-11-10-28-9-1-2-17(28)13-18-21(30)27-23(32)29(22(18)31)16-6-4-15(26)5-7-16/h1-9,12-13H,10-11H2,(H,27,30,32)/b18-13-. The fourth-order valence-electron chi connectivity index (χ4n) is 3.24. The number of imide groups is 2. The number of carbonyl (C=O) groups excluding carboxylic acids is 3. The lowest BCUT2D eigenvalue weighted by Gasteiger charge is -2.26. The van der Waals surface area contributed by atoms with Gasteiger partial charge in [0.2, 0.25) is 0 Å². The summed E-state index contributed by atoms with van der Waals surface area (Å²) in [5, 5.41) is 3.01. The smallest absolute Gasteiger partial charge is 0.335 e. The highest BCUT2D eigenvalue weighted by molar-refractivity contribution is 6.39. The third-order valence-electron chi connectivity index (χ3n) is 4.83. The van der Waals surface area contributed by atoms with Gasteiger partial charge in [0.15, 0.2) is 0 Å². The average Bonchev–Trinajstić information content (AvgIpc) is 3.21. The molecule has 0 radical (unpaired) electrons. The summed E-state index contributed by atoms with van der Waals surface area (Å²) in [4.78, 5) is 38.4. The van der Waals surface area contributed by atoms with E-state index in [0.717, 1.165) is 17.0 Å². The average molecular weight is 488 g/mol. The number of hydrogen-bond donors (Lipinski definition) is 1. The summed E-state index contributed by atoms with van der Waals surface area (Å²) in [6.07, 6.45) is 3.14. The summed E-state index contributed by atoms with van der Waals surface area (Å²) in [5.41, 5.74) is 0.453. The van der Waals surface area contributed by atoms with Crippen molar-refractivity contribution >= 4 is 52.8 Å². The summed E-state index contributed by atoms with van der Waals surface area (Å²) >= 11 is 12.0. The van der Waals surface area contributed by atoms with Crippen LogP contribution in [0.4, 0.5) is 14.9 Å². The summed E-state index contributed by atoms with van der Waals surface area (Å²) < 4.78 is 20.7. The monoisotopic (exact) mass is 487 g/mol. The second kappa shape index (κ2) is 9.48. The van der Waals surface area contributed by atoms with E-state index in [1.165, 1.54) is 18.2 Å². The molecule has 0 saturated carbocycles. The van der Waals surface area contributed by atoms with E-state index in [0.29, 0.717) is 28.0 Å². The highest BCUT2D eigenvalue weighted by Crippen LogP contribution is 2.27. The molecular weight excluding hydrogens is 472 g/mol. The molecule has 0 spiro atoms. The van der Waals surface area contributed by atoms with Crippen molar-refractivity contribution in [3.8, 4) is 5.75 Å². The number of rotatable bonds is 6. The van der Waals surface area contributed by atoms with Crippen LogP contribution in [0, 0.1) is 5.82 Å². The summed E-state index contributed by atoms with van der Waals surface area (Å²) in [6.45, 7) is 0.647. The van der Waals surface area contributed by atoms with Crippen molar-refractivity contribution in [1.29, 1.82) is 0 Å². The van der Waals surface area contributed by atoms with Gasteiger partial charge in [0, 0.05) is 16.9 Å². The van der Waals surface area contributed by atoms with Crippen LogP contribution in [0.3, 0.4) is 0 Å². The number of carbonyl (C=O) groups is 3. The molecule has 1 N–H and O–H groups in total. The van der Waals surface area contributed by atoms with E-state index in [1.807, 2.05) is 0 Å². The van der Waals surface area contributed by atoms with Crippen LogP contribution in [0.15, 0.2) is 66.4 Å². The molecule has 0 aliphatic carbocycles. The first-order valence-corrected chi connectivity index (χ1v) is 10.5. The minimum atomic E-state index is -0.905. The third kappa shape index (κ3) is 4.92. The lowest BCUT2D eigenvalue weighted by molar-refractivity contribution is -0.122. The van der Waals surface area contributed by atoms with Crippen LogP contribution in [0.25, 0.3) is 6.08 Å². The molecule has 1 aromatic heterocycles. The maximum Gasteiger partial charge on any atom is 0.335 e. The van der Waals surface area contributed by atoms with Gasteiger partial charge in [0.05, 0.1) is 17.3 Å². The molecule has 4 rings (SSSR count). The van der Waals surface area contributed by atoms with Crippen molar-refractivity contribution in [2.75, 3.05) is 11.5 Å². The summed E-state index contributed by atoms with van der Waals surface area (Å²) in [5.74, 6) is -1.67. The van der Waals surface area contributed by atoms with Gasteiger partial charge in [-0.25, -0.2) is 14.1 Å². The number of urea groups is 1. The first-order valence-electron chi connectivity index (χ1n) is 9.73. The van der Waals surface area contributed by atoms with E-state index in [1.54, 1.807) is 41.1 Å². The molecule has 1 aliphatic heterocycles. The van der Waals surface area contributed by atoms with Crippen LogP contribution >= 0.6 is 23.2 Å². The summed E-state index contributed by atoms with van der Waals surface area (Å²) in [7, 11) is 0. The topological polar surface area (TPSA) is 80.6 Å². The zero-order valence-corrected chi connectivity index (χ0v) is 18.4. The van der Waals surface area contributed by atoms with Gasteiger partial charge in [0.25, 0.3) is 11.8 Å². The predicted molar refractivity (Wildman–Crippen MR) is 122 cm³/mol. The van der Waals surface area contributed by atoms with Gasteiger partial charge < -0.3 is 9.30 Å². The normalized spacial score (nSPS) is 15.2. The van der Waals surface area contributed by atoms with Crippen LogP contribution in [0.1, 0.15) is 5.69 Å². The Morgan fingerprint density at radius 3 is 2.52 bits per heavy atom. The quantitative estimate of drug-likeness (QED) is 0.404. The van der Waals surface area contributed by atoms with Crippen LogP contribution in [0.2, 0.25) is 10.0 Å². The molecule has 2 heterocycles. The van der Waals surface area contributed by atoms with Gasteiger partial charge in [-0.3, -0.25) is 14.9 Å². The zero-order chi connectivity index (χ0) is 23.5. The second-order valence-corrected chi connectivity index (χ2v) is 7.83. The number of ether oxygens (including phenoxy) is 1. The minimum absolute atomic E-state index is 0.140. The zero-order valence-electron chi connectivity index (χ0n) is 16.9. The number of hydrogen-bond acceptors (Lipinski definition) is 4. The third-order valence-corrected chi connectivity index (χ3v) is 5.36. The van der Waals surface area contributed by atoms with E-state index in [4.69, 9.17) is 27.9 Å². The first kappa shape index (κ1) is 22.6. The molecular formula is C23H16Cl2FN3O4. The first-order chi connectivity index (χ1) is 15.8. The Morgan fingerprint density at radius 2 is 1.79 bits per heavy atom. The second-order valence-electron chi connectivity index (χ2n) is 6.98.